The van der Waals surface area contributed by atoms with E-state index in [-0.39, 0.29) is 0 Å². The number of hydrogen-bond acceptors (Lipinski definition) is 2. The molecule has 1 aromatic carbocycles. The van der Waals surface area contributed by atoms with E-state index in [1.165, 1.54) is 18.4 Å². The molecule has 0 bridgehead atoms. The minimum Gasteiger partial charge on any atom is -0.258 e. The molecule has 12 heavy (non-hydrogen) atoms. The van der Waals surface area contributed by atoms with Crippen LogP contribution in [0.3, 0.4) is 0 Å². The summed E-state index contributed by atoms with van der Waals surface area (Å²) in [5, 5.41) is 10.8. The number of aromatic nitrogens is 3. The molecule has 3 nitrogen and oxygen atoms in total. The van der Waals surface area contributed by atoms with E-state index in [9.17, 15) is 0 Å². The van der Waals surface area contributed by atoms with Gasteiger partial charge in [-0.05, 0) is 30.4 Å². The van der Waals surface area contributed by atoms with E-state index in [1.54, 1.807) is 0 Å². The fourth-order valence-electron chi connectivity index (χ4n) is 1.62. The molecule has 60 valence electrons. The number of rotatable bonds is 1. The molecule has 1 aliphatic rings. The molecule has 1 aliphatic carbocycles. The van der Waals surface area contributed by atoms with Gasteiger partial charge < -0.3 is 0 Å². The first-order valence-electron chi connectivity index (χ1n) is 4.25. The van der Waals surface area contributed by atoms with Gasteiger partial charge in [0.2, 0.25) is 0 Å². The number of aromatic amines is 1. The Balaban J connectivity index is 2.32. The van der Waals surface area contributed by atoms with Crippen LogP contribution in [0.4, 0.5) is 0 Å². The van der Waals surface area contributed by atoms with Crippen molar-refractivity contribution in [2.75, 3.05) is 0 Å². The van der Waals surface area contributed by atoms with E-state index in [2.05, 4.69) is 27.5 Å². The molecule has 0 saturated heterocycles. The van der Waals surface area contributed by atoms with Gasteiger partial charge in [-0.15, -0.1) is 5.10 Å². The van der Waals surface area contributed by atoms with Crippen molar-refractivity contribution in [1.29, 1.82) is 0 Å². The molecule has 0 atom stereocenters. The van der Waals surface area contributed by atoms with Crippen molar-refractivity contribution in [3.8, 4) is 0 Å². The number of fused-ring (bicyclic) bond motifs is 1. The molecule has 3 heteroatoms. The molecule has 1 fully saturated rings. The molecule has 0 radical (unpaired) electrons. The summed E-state index contributed by atoms with van der Waals surface area (Å²) in [6, 6.07) is 6.24. The van der Waals surface area contributed by atoms with Crippen LogP contribution in [0.25, 0.3) is 11.0 Å². The first-order valence-corrected chi connectivity index (χ1v) is 4.25. The number of H-pyrrole nitrogens is 1. The highest BCUT2D eigenvalue weighted by atomic mass is 15.3. The Bertz CT molecular complexity index is 414. The van der Waals surface area contributed by atoms with Crippen molar-refractivity contribution < 1.29 is 0 Å². The van der Waals surface area contributed by atoms with Gasteiger partial charge in [0.1, 0.15) is 5.52 Å². The predicted octanol–water partition coefficient (Wildman–Crippen LogP) is 1.84. The monoisotopic (exact) mass is 159 g/mol. The molecule has 1 N–H and O–H groups in total. The van der Waals surface area contributed by atoms with Crippen molar-refractivity contribution in [1.82, 2.24) is 15.4 Å². The maximum atomic E-state index is 4.07. The Hall–Kier alpha value is -1.38. The van der Waals surface area contributed by atoms with E-state index in [4.69, 9.17) is 0 Å². The van der Waals surface area contributed by atoms with Gasteiger partial charge in [0.15, 0.2) is 0 Å². The lowest BCUT2D eigenvalue weighted by Gasteiger charge is -1.95. The third-order valence-electron chi connectivity index (χ3n) is 2.40. The van der Waals surface area contributed by atoms with Crippen LogP contribution in [0.1, 0.15) is 24.3 Å². The number of hydrogen-bond donors (Lipinski definition) is 1. The van der Waals surface area contributed by atoms with E-state index in [0.717, 1.165) is 17.0 Å². The van der Waals surface area contributed by atoms with Crippen molar-refractivity contribution >= 4 is 11.0 Å². The summed E-state index contributed by atoms with van der Waals surface area (Å²) in [5.41, 5.74) is 3.47. The highest BCUT2D eigenvalue weighted by Crippen LogP contribution is 2.42. The predicted molar refractivity (Wildman–Crippen MR) is 45.9 cm³/mol. The summed E-state index contributed by atoms with van der Waals surface area (Å²) in [7, 11) is 0. The van der Waals surface area contributed by atoms with Gasteiger partial charge >= 0.3 is 0 Å². The second-order valence-corrected chi connectivity index (χ2v) is 3.33. The molecule has 1 heterocycles. The largest absolute Gasteiger partial charge is 0.258 e. The Morgan fingerprint density at radius 1 is 1.33 bits per heavy atom. The van der Waals surface area contributed by atoms with Crippen molar-refractivity contribution in [2.24, 2.45) is 0 Å². The number of benzene rings is 1. The third-order valence-corrected chi connectivity index (χ3v) is 2.40. The zero-order valence-corrected chi connectivity index (χ0v) is 6.62. The van der Waals surface area contributed by atoms with Crippen LogP contribution < -0.4 is 0 Å². The van der Waals surface area contributed by atoms with Crippen LogP contribution in [0.5, 0.6) is 0 Å². The molecule has 0 spiro atoms. The summed E-state index contributed by atoms with van der Waals surface area (Å²) in [6.45, 7) is 0. The number of nitrogens with zero attached hydrogens (tertiary/aromatic N) is 2. The molecular formula is C9H9N3. The molecular weight excluding hydrogens is 150 g/mol. The Labute approximate surface area is 69.8 Å². The molecule has 1 saturated carbocycles. The summed E-state index contributed by atoms with van der Waals surface area (Å²) < 4.78 is 0. The summed E-state index contributed by atoms with van der Waals surface area (Å²) >= 11 is 0. The Morgan fingerprint density at radius 3 is 3.08 bits per heavy atom. The van der Waals surface area contributed by atoms with Gasteiger partial charge in [0.05, 0.1) is 5.52 Å². The van der Waals surface area contributed by atoms with Gasteiger partial charge in [-0.25, -0.2) is 0 Å². The fraction of sp³-hybridized carbons (Fsp3) is 0.333. The average Bonchev–Trinajstić information content (AvgIpc) is 2.82. The zero-order chi connectivity index (χ0) is 7.97. The molecule has 2 aromatic rings. The highest BCUT2D eigenvalue weighted by Gasteiger charge is 2.25. The Kier molecular flexibility index (Phi) is 1.06. The van der Waals surface area contributed by atoms with Crippen LogP contribution >= 0.6 is 0 Å². The first-order chi connectivity index (χ1) is 5.95. The topological polar surface area (TPSA) is 41.6 Å². The van der Waals surface area contributed by atoms with Crippen LogP contribution in [-0.4, -0.2) is 15.4 Å². The van der Waals surface area contributed by atoms with Crippen LogP contribution in [0.15, 0.2) is 18.2 Å². The van der Waals surface area contributed by atoms with E-state index in [1.807, 2.05) is 6.07 Å². The SMILES string of the molecule is c1cc(C2CC2)c2nn[nH]c2c1. The lowest BCUT2D eigenvalue weighted by atomic mass is 10.1. The minimum atomic E-state index is 0.749. The molecule has 0 aliphatic heterocycles. The van der Waals surface area contributed by atoms with Gasteiger partial charge in [-0.1, -0.05) is 17.3 Å². The third kappa shape index (κ3) is 0.763. The summed E-state index contributed by atoms with van der Waals surface area (Å²) in [5.74, 6) is 0.749. The lowest BCUT2D eigenvalue weighted by molar-refractivity contribution is 0.956. The van der Waals surface area contributed by atoms with Crippen LogP contribution in [0, 0.1) is 0 Å². The van der Waals surface area contributed by atoms with Crippen molar-refractivity contribution in [2.45, 2.75) is 18.8 Å². The van der Waals surface area contributed by atoms with Crippen LogP contribution in [0.2, 0.25) is 0 Å². The van der Waals surface area contributed by atoms with Crippen molar-refractivity contribution in [3.63, 3.8) is 0 Å². The van der Waals surface area contributed by atoms with Gasteiger partial charge in [0.25, 0.3) is 0 Å². The smallest absolute Gasteiger partial charge is 0.116 e. The molecule has 0 unspecified atom stereocenters. The average molecular weight is 159 g/mol. The minimum absolute atomic E-state index is 0.749. The Morgan fingerprint density at radius 2 is 2.25 bits per heavy atom. The summed E-state index contributed by atoms with van der Waals surface area (Å²) in [4.78, 5) is 0. The van der Waals surface area contributed by atoms with E-state index >= 15 is 0 Å². The highest BCUT2D eigenvalue weighted by molar-refractivity contribution is 5.78. The van der Waals surface area contributed by atoms with Crippen molar-refractivity contribution in [3.05, 3.63) is 23.8 Å². The second-order valence-electron chi connectivity index (χ2n) is 3.33. The maximum absolute atomic E-state index is 4.07. The lowest BCUT2D eigenvalue weighted by Crippen LogP contribution is -1.81. The molecule has 1 aromatic heterocycles. The van der Waals surface area contributed by atoms with Crippen LogP contribution in [-0.2, 0) is 0 Å². The molecule has 3 rings (SSSR count). The zero-order valence-electron chi connectivity index (χ0n) is 6.62. The van der Waals surface area contributed by atoms with E-state index in [0.29, 0.717) is 0 Å². The van der Waals surface area contributed by atoms with Gasteiger partial charge in [-0.3, -0.25) is 5.10 Å². The van der Waals surface area contributed by atoms with Gasteiger partial charge in [-0.2, -0.15) is 0 Å². The molecule has 0 amide bonds. The standard InChI is InChI=1S/C9H9N3/c1-2-7(6-4-5-6)9-8(3-1)10-12-11-9/h1-3,6H,4-5H2,(H,10,11,12). The second kappa shape index (κ2) is 2.06. The maximum Gasteiger partial charge on any atom is 0.116 e. The number of nitrogens with one attached hydrogen (secondary N) is 1. The van der Waals surface area contributed by atoms with Gasteiger partial charge in [0, 0.05) is 0 Å². The fourth-order valence-corrected chi connectivity index (χ4v) is 1.62. The quantitative estimate of drug-likeness (QED) is 0.689. The normalized spacial score (nSPS) is 17.0. The summed E-state index contributed by atoms with van der Waals surface area (Å²) in [6.07, 6.45) is 2.62. The first kappa shape index (κ1) is 6.17. The van der Waals surface area contributed by atoms with E-state index < -0.39 is 0 Å².